The Morgan fingerprint density at radius 2 is 2.25 bits per heavy atom. The Bertz CT molecular complexity index is 318. The van der Waals surface area contributed by atoms with Gasteiger partial charge in [0.1, 0.15) is 5.75 Å². The van der Waals surface area contributed by atoms with Crippen LogP contribution in [0.5, 0.6) is 5.75 Å². The average Bonchev–Trinajstić information content (AvgIpc) is 2.35. The van der Waals surface area contributed by atoms with Crippen LogP contribution < -0.4 is 15.4 Å². The molecule has 1 rings (SSSR count). The zero-order chi connectivity index (χ0) is 12.0. The van der Waals surface area contributed by atoms with Crippen LogP contribution in [-0.4, -0.2) is 38.5 Å². The smallest absolute Gasteiger partial charge is 0.120 e. The number of benzene rings is 1. The van der Waals surface area contributed by atoms with Crippen LogP contribution in [-0.2, 0) is 0 Å². The number of hydrogen-bond acceptors (Lipinski definition) is 4. The van der Waals surface area contributed by atoms with Crippen molar-refractivity contribution in [2.45, 2.75) is 12.5 Å². The minimum absolute atomic E-state index is 0.0337. The largest absolute Gasteiger partial charge is 0.497 e. The first kappa shape index (κ1) is 12.8. The van der Waals surface area contributed by atoms with Crippen molar-refractivity contribution >= 4 is 5.69 Å². The molecule has 0 saturated heterocycles. The zero-order valence-corrected chi connectivity index (χ0v) is 9.89. The summed E-state index contributed by atoms with van der Waals surface area (Å²) in [4.78, 5) is 2.10. The van der Waals surface area contributed by atoms with Crippen molar-refractivity contribution in [3.63, 3.8) is 0 Å². The van der Waals surface area contributed by atoms with Crippen LogP contribution in [0.1, 0.15) is 6.42 Å². The van der Waals surface area contributed by atoms with Gasteiger partial charge >= 0.3 is 0 Å². The normalized spacial score (nSPS) is 12.2. The fourth-order valence-electron chi connectivity index (χ4n) is 1.43. The summed E-state index contributed by atoms with van der Waals surface area (Å²) in [6.07, 6.45) is 0.768. The first-order valence-electron chi connectivity index (χ1n) is 5.39. The van der Waals surface area contributed by atoms with Crippen LogP contribution in [0.2, 0.25) is 0 Å². The van der Waals surface area contributed by atoms with E-state index in [4.69, 9.17) is 15.6 Å². The van der Waals surface area contributed by atoms with Crippen molar-refractivity contribution in [2.75, 3.05) is 32.2 Å². The molecular formula is C12H20N2O2. The van der Waals surface area contributed by atoms with Gasteiger partial charge in [0.25, 0.3) is 0 Å². The standard InChI is InChI=1S/C12H20N2O2/c1-14(7-6-10(13)9-15)11-4-3-5-12(8-11)16-2/h3-5,8,10,15H,6-7,9,13H2,1-2H3. The van der Waals surface area contributed by atoms with E-state index in [1.165, 1.54) is 0 Å². The molecule has 1 aromatic carbocycles. The van der Waals surface area contributed by atoms with Gasteiger partial charge in [-0.1, -0.05) is 6.07 Å². The molecule has 0 saturated carbocycles. The monoisotopic (exact) mass is 224 g/mol. The maximum absolute atomic E-state index is 8.84. The average molecular weight is 224 g/mol. The predicted octanol–water partition coefficient (Wildman–Crippen LogP) is 0.841. The van der Waals surface area contributed by atoms with Crippen LogP contribution in [0.25, 0.3) is 0 Å². The lowest BCUT2D eigenvalue weighted by Crippen LogP contribution is -2.30. The van der Waals surface area contributed by atoms with Gasteiger partial charge in [-0.3, -0.25) is 0 Å². The number of ether oxygens (including phenoxy) is 1. The molecule has 0 fully saturated rings. The molecule has 16 heavy (non-hydrogen) atoms. The van der Waals surface area contributed by atoms with E-state index in [9.17, 15) is 0 Å². The number of rotatable bonds is 6. The van der Waals surface area contributed by atoms with E-state index in [1.54, 1.807) is 7.11 Å². The van der Waals surface area contributed by atoms with E-state index in [2.05, 4.69) is 4.90 Å². The molecule has 0 bridgehead atoms. The fourth-order valence-corrected chi connectivity index (χ4v) is 1.43. The molecule has 0 spiro atoms. The van der Waals surface area contributed by atoms with Gasteiger partial charge in [0, 0.05) is 31.4 Å². The Morgan fingerprint density at radius 1 is 1.50 bits per heavy atom. The van der Waals surface area contributed by atoms with Gasteiger partial charge < -0.3 is 20.5 Å². The van der Waals surface area contributed by atoms with Crippen LogP contribution >= 0.6 is 0 Å². The number of aliphatic hydroxyl groups excluding tert-OH is 1. The van der Waals surface area contributed by atoms with Crippen LogP contribution in [0.3, 0.4) is 0 Å². The quantitative estimate of drug-likeness (QED) is 0.752. The van der Waals surface area contributed by atoms with Crippen LogP contribution in [0, 0.1) is 0 Å². The second-order valence-corrected chi connectivity index (χ2v) is 3.85. The van der Waals surface area contributed by atoms with Gasteiger partial charge in [0.15, 0.2) is 0 Å². The topological polar surface area (TPSA) is 58.7 Å². The molecule has 0 aliphatic carbocycles. The Kier molecular flexibility index (Phi) is 5.08. The molecule has 0 heterocycles. The molecule has 0 amide bonds. The van der Waals surface area contributed by atoms with Crippen LogP contribution in [0.15, 0.2) is 24.3 Å². The zero-order valence-electron chi connectivity index (χ0n) is 9.89. The van der Waals surface area contributed by atoms with E-state index in [0.29, 0.717) is 0 Å². The molecule has 4 heteroatoms. The molecule has 1 atom stereocenters. The molecule has 90 valence electrons. The summed E-state index contributed by atoms with van der Waals surface area (Å²) in [5, 5.41) is 8.84. The number of nitrogens with zero attached hydrogens (tertiary/aromatic N) is 1. The molecule has 4 nitrogen and oxygen atoms in total. The highest BCUT2D eigenvalue weighted by Crippen LogP contribution is 2.19. The lowest BCUT2D eigenvalue weighted by Gasteiger charge is -2.21. The number of methoxy groups -OCH3 is 1. The van der Waals surface area contributed by atoms with E-state index in [0.717, 1.165) is 24.4 Å². The number of nitrogens with two attached hydrogens (primary N) is 1. The van der Waals surface area contributed by atoms with Crippen molar-refractivity contribution in [3.05, 3.63) is 24.3 Å². The first-order chi connectivity index (χ1) is 7.67. The summed E-state index contributed by atoms with van der Waals surface area (Å²) >= 11 is 0. The molecule has 1 unspecified atom stereocenters. The van der Waals surface area contributed by atoms with Crippen molar-refractivity contribution in [3.8, 4) is 5.75 Å². The van der Waals surface area contributed by atoms with Gasteiger partial charge in [-0.15, -0.1) is 0 Å². The third-order valence-corrected chi connectivity index (χ3v) is 2.56. The third kappa shape index (κ3) is 3.72. The molecule has 0 radical (unpaired) electrons. The highest BCUT2D eigenvalue weighted by molar-refractivity contribution is 5.49. The highest BCUT2D eigenvalue weighted by Gasteiger charge is 2.05. The summed E-state index contributed by atoms with van der Waals surface area (Å²) in [6, 6.07) is 7.72. The second kappa shape index (κ2) is 6.35. The molecule has 0 aromatic heterocycles. The molecule has 0 aliphatic rings. The molecular weight excluding hydrogens is 204 g/mol. The summed E-state index contributed by atoms with van der Waals surface area (Å²) in [7, 11) is 3.65. The van der Waals surface area contributed by atoms with Crippen molar-refractivity contribution < 1.29 is 9.84 Å². The number of aliphatic hydroxyl groups is 1. The summed E-state index contributed by atoms with van der Waals surface area (Å²) in [6.45, 7) is 0.848. The summed E-state index contributed by atoms with van der Waals surface area (Å²) < 4.78 is 5.16. The minimum atomic E-state index is -0.145. The lowest BCUT2D eigenvalue weighted by molar-refractivity contribution is 0.261. The fraction of sp³-hybridized carbons (Fsp3) is 0.500. The maximum atomic E-state index is 8.84. The van der Waals surface area contributed by atoms with Crippen molar-refractivity contribution in [1.82, 2.24) is 0 Å². The van der Waals surface area contributed by atoms with Gasteiger partial charge in [0.05, 0.1) is 13.7 Å². The second-order valence-electron chi connectivity index (χ2n) is 3.85. The Balaban J connectivity index is 2.54. The Morgan fingerprint density at radius 3 is 2.88 bits per heavy atom. The third-order valence-electron chi connectivity index (χ3n) is 2.56. The Hall–Kier alpha value is -1.26. The molecule has 1 aromatic rings. The number of anilines is 1. The van der Waals surface area contributed by atoms with Gasteiger partial charge in [0.2, 0.25) is 0 Å². The molecule has 3 N–H and O–H groups in total. The summed E-state index contributed by atoms with van der Waals surface area (Å²) in [5.41, 5.74) is 6.74. The van der Waals surface area contributed by atoms with E-state index in [1.807, 2.05) is 31.3 Å². The van der Waals surface area contributed by atoms with Gasteiger partial charge in [-0.25, -0.2) is 0 Å². The SMILES string of the molecule is COc1cccc(N(C)CCC(N)CO)c1. The van der Waals surface area contributed by atoms with Crippen molar-refractivity contribution in [1.29, 1.82) is 0 Å². The van der Waals surface area contributed by atoms with E-state index >= 15 is 0 Å². The number of hydrogen-bond donors (Lipinski definition) is 2. The highest BCUT2D eigenvalue weighted by atomic mass is 16.5. The minimum Gasteiger partial charge on any atom is -0.497 e. The van der Waals surface area contributed by atoms with Gasteiger partial charge in [-0.2, -0.15) is 0 Å². The van der Waals surface area contributed by atoms with E-state index in [-0.39, 0.29) is 12.6 Å². The van der Waals surface area contributed by atoms with E-state index < -0.39 is 0 Å². The van der Waals surface area contributed by atoms with Gasteiger partial charge in [-0.05, 0) is 18.6 Å². The van der Waals surface area contributed by atoms with Crippen molar-refractivity contribution in [2.24, 2.45) is 5.73 Å². The lowest BCUT2D eigenvalue weighted by atomic mass is 10.2. The van der Waals surface area contributed by atoms with Crippen LogP contribution in [0.4, 0.5) is 5.69 Å². The molecule has 0 aliphatic heterocycles. The predicted molar refractivity (Wildman–Crippen MR) is 65.9 cm³/mol. The first-order valence-corrected chi connectivity index (χ1v) is 5.39. The Labute approximate surface area is 96.6 Å². The maximum Gasteiger partial charge on any atom is 0.120 e. The summed E-state index contributed by atoms with van der Waals surface area (Å²) in [5.74, 6) is 0.843.